The Balaban J connectivity index is 2.75. The summed E-state index contributed by atoms with van der Waals surface area (Å²) in [6, 6.07) is 7.54. The van der Waals surface area contributed by atoms with Crippen molar-refractivity contribution in [1.29, 1.82) is 0 Å². The number of rotatable bonds is 8. The lowest BCUT2D eigenvalue weighted by Crippen LogP contribution is -2.46. The van der Waals surface area contributed by atoms with Gasteiger partial charge in [0.05, 0.1) is 19.6 Å². The Morgan fingerprint density at radius 1 is 1.08 bits per heavy atom. The van der Waals surface area contributed by atoms with Crippen LogP contribution in [0.2, 0.25) is 0 Å². The minimum atomic E-state index is -0.382. The summed E-state index contributed by atoms with van der Waals surface area (Å²) in [6.45, 7) is 10.8. The van der Waals surface area contributed by atoms with E-state index in [9.17, 15) is 9.59 Å². The van der Waals surface area contributed by atoms with Gasteiger partial charge >= 0.3 is 5.97 Å². The molecular formula is C20H29NO4. The second-order valence-corrected chi connectivity index (χ2v) is 6.55. The normalized spacial score (nSPS) is 11.4. The molecule has 0 aromatic heterocycles. The fourth-order valence-electron chi connectivity index (χ4n) is 2.31. The molecule has 0 saturated heterocycles. The van der Waals surface area contributed by atoms with E-state index in [1.54, 1.807) is 17.9 Å². The second-order valence-electron chi connectivity index (χ2n) is 6.55. The summed E-state index contributed by atoms with van der Waals surface area (Å²) in [6.07, 6.45) is 3.49. The van der Waals surface area contributed by atoms with Gasteiger partial charge in [0.15, 0.2) is 0 Å². The van der Waals surface area contributed by atoms with Gasteiger partial charge in [-0.15, -0.1) is 0 Å². The van der Waals surface area contributed by atoms with E-state index in [4.69, 9.17) is 9.47 Å². The van der Waals surface area contributed by atoms with Crippen LogP contribution >= 0.6 is 0 Å². The average molecular weight is 347 g/mol. The highest BCUT2D eigenvalue weighted by atomic mass is 16.5. The predicted molar refractivity (Wildman–Crippen MR) is 99.4 cm³/mol. The Hall–Kier alpha value is -2.30. The van der Waals surface area contributed by atoms with Crippen LogP contribution in [0.5, 0.6) is 5.75 Å². The summed E-state index contributed by atoms with van der Waals surface area (Å²) in [7, 11) is 0. The first-order valence-corrected chi connectivity index (χ1v) is 8.66. The van der Waals surface area contributed by atoms with Crippen molar-refractivity contribution in [3.63, 3.8) is 0 Å². The van der Waals surface area contributed by atoms with Gasteiger partial charge in [-0.2, -0.15) is 0 Å². The molecule has 25 heavy (non-hydrogen) atoms. The van der Waals surface area contributed by atoms with Crippen LogP contribution < -0.4 is 4.74 Å². The zero-order valence-electron chi connectivity index (χ0n) is 15.9. The molecule has 138 valence electrons. The van der Waals surface area contributed by atoms with Crippen molar-refractivity contribution in [2.24, 2.45) is 0 Å². The summed E-state index contributed by atoms with van der Waals surface area (Å²) in [5, 5.41) is 0. The molecule has 0 unspecified atom stereocenters. The topological polar surface area (TPSA) is 55.8 Å². The highest BCUT2D eigenvalue weighted by Crippen LogP contribution is 2.17. The van der Waals surface area contributed by atoms with Crippen LogP contribution in [-0.4, -0.2) is 42.1 Å². The van der Waals surface area contributed by atoms with Crippen molar-refractivity contribution in [3.05, 3.63) is 35.9 Å². The van der Waals surface area contributed by atoms with Gasteiger partial charge in [-0.05, 0) is 58.4 Å². The number of hydrogen-bond acceptors (Lipinski definition) is 4. The van der Waals surface area contributed by atoms with Crippen LogP contribution in [0.25, 0.3) is 6.08 Å². The Labute approximate surface area is 150 Å². The molecule has 5 heteroatoms. The molecule has 0 N–H and O–H groups in total. The number of carbonyl (C=O) groups is 2. The molecular weight excluding hydrogens is 318 g/mol. The Bertz CT molecular complexity index is 585. The molecule has 0 radical (unpaired) electrons. The molecule has 5 nitrogen and oxygen atoms in total. The van der Waals surface area contributed by atoms with Crippen LogP contribution in [0.4, 0.5) is 0 Å². The number of esters is 1. The van der Waals surface area contributed by atoms with Gasteiger partial charge in [0.1, 0.15) is 5.75 Å². The van der Waals surface area contributed by atoms with Crippen LogP contribution in [0.1, 0.15) is 46.6 Å². The lowest BCUT2D eigenvalue weighted by molar-refractivity contribution is -0.144. The van der Waals surface area contributed by atoms with Crippen LogP contribution in [0.3, 0.4) is 0 Å². The summed E-state index contributed by atoms with van der Waals surface area (Å²) in [4.78, 5) is 25.8. The molecule has 1 rings (SSSR count). The molecule has 0 bridgehead atoms. The largest absolute Gasteiger partial charge is 0.494 e. The van der Waals surface area contributed by atoms with Crippen LogP contribution in [0.15, 0.2) is 30.3 Å². The van der Waals surface area contributed by atoms with Gasteiger partial charge in [0.2, 0.25) is 5.91 Å². The maximum absolute atomic E-state index is 12.6. The monoisotopic (exact) mass is 347 g/mol. The van der Waals surface area contributed by atoms with E-state index in [2.05, 4.69) is 0 Å². The van der Waals surface area contributed by atoms with Gasteiger partial charge < -0.3 is 14.4 Å². The van der Waals surface area contributed by atoms with Crippen LogP contribution in [-0.2, 0) is 14.3 Å². The van der Waals surface area contributed by atoms with Gasteiger partial charge in [-0.3, -0.25) is 9.59 Å². The smallest absolute Gasteiger partial charge is 0.307 e. The number of benzene rings is 1. The summed E-state index contributed by atoms with van der Waals surface area (Å²) in [5.41, 5.74) is 0.531. The average Bonchev–Trinajstić information content (AvgIpc) is 2.53. The number of hydrogen-bond donors (Lipinski definition) is 0. The number of amides is 1. The summed E-state index contributed by atoms with van der Waals surface area (Å²) in [5.74, 6) is 0.377. The quantitative estimate of drug-likeness (QED) is 0.532. The van der Waals surface area contributed by atoms with E-state index >= 15 is 0 Å². The van der Waals surface area contributed by atoms with Crippen LogP contribution in [0, 0.1) is 0 Å². The van der Waals surface area contributed by atoms with E-state index in [1.807, 2.05) is 52.0 Å². The lowest BCUT2D eigenvalue weighted by atomic mass is 10.0. The molecule has 0 spiro atoms. The standard InChI is InChI=1S/C20H29NO4/c1-6-24-17-11-8-16(9-12-17)10-13-18(22)21(20(3,4)5)15-14-19(23)25-7-2/h8-13H,6-7,14-15H2,1-5H3. The Morgan fingerprint density at radius 2 is 1.72 bits per heavy atom. The van der Waals surface area contributed by atoms with Crippen molar-refractivity contribution >= 4 is 18.0 Å². The third-order valence-electron chi connectivity index (χ3n) is 3.53. The zero-order valence-corrected chi connectivity index (χ0v) is 15.9. The molecule has 0 aliphatic carbocycles. The third-order valence-corrected chi connectivity index (χ3v) is 3.53. The molecule has 0 fully saturated rings. The van der Waals surface area contributed by atoms with E-state index in [1.165, 1.54) is 6.08 Å². The first-order chi connectivity index (χ1) is 11.8. The van der Waals surface area contributed by atoms with Crippen molar-refractivity contribution < 1.29 is 19.1 Å². The molecule has 1 aromatic carbocycles. The van der Waals surface area contributed by atoms with Crippen molar-refractivity contribution in [3.8, 4) is 5.75 Å². The number of nitrogens with zero attached hydrogens (tertiary/aromatic N) is 1. The maximum Gasteiger partial charge on any atom is 0.307 e. The van der Waals surface area contributed by atoms with E-state index in [0.29, 0.717) is 19.8 Å². The first kappa shape index (κ1) is 20.7. The maximum atomic E-state index is 12.6. The minimum absolute atomic E-state index is 0.134. The van der Waals surface area contributed by atoms with E-state index < -0.39 is 0 Å². The van der Waals surface area contributed by atoms with E-state index in [0.717, 1.165) is 11.3 Å². The molecule has 0 atom stereocenters. The highest BCUT2D eigenvalue weighted by molar-refractivity contribution is 5.92. The number of carbonyl (C=O) groups excluding carboxylic acids is 2. The van der Waals surface area contributed by atoms with Gasteiger partial charge in [-0.25, -0.2) is 0 Å². The SMILES string of the molecule is CCOC(=O)CCN(C(=O)C=Cc1ccc(OCC)cc1)C(C)(C)C. The fraction of sp³-hybridized carbons (Fsp3) is 0.500. The Morgan fingerprint density at radius 3 is 2.24 bits per heavy atom. The summed E-state index contributed by atoms with van der Waals surface area (Å²) < 4.78 is 10.3. The molecule has 0 saturated carbocycles. The lowest BCUT2D eigenvalue weighted by Gasteiger charge is -2.34. The molecule has 0 heterocycles. The molecule has 1 aromatic rings. The van der Waals surface area contributed by atoms with Gasteiger partial charge in [-0.1, -0.05) is 12.1 Å². The minimum Gasteiger partial charge on any atom is -0.494 e. The van der Waals surface area contributed by atoms with Gasteiger partial charge in [0.25, 0.3) is 0 Å². The molecule has 0 aliphatic rings. The predicted octanol–water partition coefficient (Wildman–Crippen LogP) is 3.68. The van der Waals surface area contributed by atoms with Crippen molar-refractivity contribution in [2.75, 3.05) is 19.8 Å². The fourth-order valence-corrected chi connectivity index (χ4v) is 2.31. The molecule has 1 amide bonds. The molecule has 0 aliphatic heterocycles. The summed E-state index contributed by atoms with van der Waals surface area (Å²) >= 11 is 0. The zero-order chi connectivity index (χ0) is 18.9. The van der Waals surface area contributed by atoms with E-state index in [-0.39, 0.29) is 23.8 Å². The highest BCUT2D eigenvalue weighted by Gasteiger charge is 2.25. The Kier molecular flexibility index (Phi) is 8.19. The number of ether oxygens (including phenoxy) is 2. The van der Waals surface area contributed by atoms with Crippen molar-refractivity contribution in [2.45, 2.75) is 46.6 Å². The van der Waals surface area contributed by atoms with Crippen molar-refractivity contribution in [1.82, 2.24) is 4.90 Å². The van der Waals surface area contributed by atoms with Gasteiger partial charge in [0, 0.05) is 18.2 Å². The second kappa shape index (κ2) is 9.87. The first-order valence-electron chi connectivity index (χ1n) is 8.66. The third kappa shape index (κ3) is 7.42.